The molecule has 0 aromatic carbocycles. The summed E-state index contributed by atoms with van der Waals surface area (Å²) in [5.74, 6) is -0.199. The first kappa shape index (κ1) is 13.8. The lowest BCUT2D eigenvalue weighted by Crippen LogP contribution is -2.49. The lowest BCUT2D eigenvalue weighted by atomic mass is 10.0. The second-order valence-electron chi connectivity index (χ2n) is 4.63. The molecule has 1 unspecified atom stereocenters. The van der Waals surface area contributed by atoms with Crippen molar-refractivity contribution in [3.63, 3.8) is 0 Å². The van der Waals surface area contributed by atoms with Crippen molar-refractivity contribution >= 4 is 11.2 Å². The highest BCUT2D eigenvalue weighted by atomic mass is 19.4. The summed E-state index contributed by atoms with van der Waals surface area (Å²) in [5.41, 5.74) is 3.83. The Hall–Kier alpha value is -1.63. The number of aromatic nitrogens is 3. The number of alkyl halides is 3. The molecule has 104 valence electrons. The van der Waals surface area contributed by atoms with Crippen LogP contribution in [0.1, 0.15) is 26.1 Å². The molecule has 0 saturated heterocycles. The summed E-state index contributed by atoms with van der Waals surface area (Å²) in [5, 5.41) is 0. The van der Waals surface area contributed by atoms with Gasteiger partial charge in [-0.05, 0) is 25.5 Å². The molecule has 0 saturated carbocycles. The molecular weight excluding hydrogens is 257 g/mol. The fourth-order valence-corrected chi connectivity index (χ4v) is 1.92. The first-order valence-electron chi connectivity index (χ1n) is 5.96. The van der Waals surface area contributed by atoms with E-state index in [0.717, 1.165) is 6.92 Å². The van der Waals surface area contributed by atoms with Crippen molar-refractivity contribution in [3.8, 4) is 0 Å². The van der Waals surface area contributed by atoms with Crippen LogP contribution in [0.4, 0.5) is 13.2 Å². The van der Waals surface area contributed by atoms with Crippen LogP contribution in [0, 0.1) is 0 Å². The van der Waals surface area contributed by atoms with Crippen molar-refractivity contribution in [2.24, 2.45) is 5.73 Å². The Labute approximate surface area is 108 Å². The number of nitrogens with zero attached hydrogens (tertiary/aromatic N) is 3. The quantitative estimate of drug-likeness (QED) is 0.934. The highest BCUT2D eigenvalue weighted by Gasteiger charge is 2.52. The van der Waals surface area contributed by atoms with Gasteiger partial charge in [-0.2, -0.15) is 13.2 Å². The van der Waals surface area contributed by atoms with Crippen LogP contribution in [-0.4, -0.2) is 20.7 Å². The highest BCUT2D eigenvalue weighted by Crippen LogP contribution is 2.36. The number of imidazole rings is 1. The van der Waals surface area contributed by atoms with Gasteiger partial charge >= 0.3 is 6.18 Å². The summed E-state index contributed by atoms with van der Waals surface area (Å²) in [6.07, 6.45) is -2.37. The summed E-state index contributed by atoms with van der Waals surface area (Å²) in [4.78, 5) is 8.12. The molecule has 2 aromatic heterocycles. The zero-order chi connectivity index (χ0) is 14.3. The minimum absolute atomic E-state index is 0.199. The summed E-state index contributed by atoms with van der Waals surface area (Å²) in [6.45, 7) is 3.20. The van der Waals surface area contributed by atoms with Crippen molar-refractivity contribution < 1.29 is 13.2 Å². The van der Waals surface area contributed by atoms with E-state index < -0.39 is 11.7 Å². The zero-order valence-electron chi connectivity index (χ0n) is 10.7. The number of aryl methyl sites for hydroxylation is 1. The molecule has 2 N–H and O–H groups in total. The zero-order valence-corrected chi connectivity index (χ0v) is 10.7. The number of fused-ring (bicyclic) bond motifs is 1. The molecule has 7 heteroatoms. The number of rotatable bonds is 3. The number of hydrogen-bond acceptors (Lipinski definition) is 3. The van der Waals surface area contributed by atoms with Crippen LogP contribution in [-0.2, 0) is 12.1 Å². The maximum Gasteiger partial charge on any atom is 0.413 e. The largest absolute Gasteiger partial charge is 0.413 e. The van der Waals surface area contributed by atoms with Crippen molar-refractivity contribution in [3.05, 3.63) is 24.2 Å². The van der Waals surface area contributed by atoms with E-state index in [1.54, 1.807) is 12.1 Å². The molecule has 0 fully saturated rings. The SMILES string of the molecule is CCCn1c(C(C)(N)C(F)(F)F)nc2cccnc21. The van der Waals surface area contributed by atoms with Gasteiger partial charge in [-0.1, -0.05) is 6.92 Å². The predicted molar refractivity (Wildman–Crippen MR) is 65.4 cm³/mol. The van der Waals surface area contributed by atoms with Gasteiger partial charge < -0.3 is 10.3 Å². The molecule has 19 heavy (non-hydrogen) atoms. The summed E-state index contributed by atoms with van der Waals surface area (Å²) < 4.78 is 40.7. The fourth-order valence-electron chi connectivity index (χ4n) is 1.92. The molecule has 0 radical (unpaired) electrons. The average Bonchev–Trinajstić information content (AvgIpc) is 2.68. The van der Waals surface area contributed by atoms with Crippen LogP contribution in [0.2, 0.25) is 0 Å². The first-order valence-corrected chi connectivity index (χ1v) is 5.96. The van der Waals surface area contributed by atoms with Gasteiger partial charge in [0.1, 0.15) is 11.3 Å². The van der Waals surface area contributed by atoms with Crippen LogP contribution < -0.4 is 5.73 Å². The number of nitrogens with two attached hydrogens (primary N) is 1. The molecule has 2 heterocycles. The number of halogens is 3. The first-order chi connectivity index (χ1) is 8.79. The Morgan fingerprint density at radius 1 is 1.37 bits per heavy atom. The third-order valence-corrected chi connectivity index (χ3v) is 3.00. The van der Waals surface area contributed by atoms with Gasteiger partial charge in [0, 0.05) is 12.7 Å². The number of hydrogen-bond donors (Lipinski definition) is 1. The van der Waals surface area contributed by atoms with E-state index in [1.165, 1.54) is 10.8 Å². The minimum Gasteiger partial charge on any atom is -0.312 e. The van der Waals surface area contributed by atoms with E-state index in [2.05, 4.69) is 9.97 Å². The molecule has 0 aliphatic carbocycles. The lowest BCUT2D eigenvalue weighted by molar-refractivity contribution is -0.186. The molecule has 0 bridgehead atoms. The van der Waals surface area contributed by atoms with Gasteiger partial charge in [-0.25, -0.2) is 9.97 Å². The smallest absolute Gasteiger partial charge is 0.312 e. The Kier molecular flexibility index (Phi) is 3.25. The molecule has 0 aliphatic heterocycles. The molecule has 0 spiro atoms. The van der Waals surface area contributed by atoms with Crippen LogP contribution in [0.5, 0.6) is 0 Å². The van der Waals surface area contributed by atoms with E-state index >= 15 is 0 Å². The molecular formula is C12H15F3N4. The van der Waals surface area contributed by atoms with Crippen molar-refractivity contribution in [1.29, 1.82) is 0 Å². The van der Waals surface area contributed by atoms with Crippen LogP contribution >= 0.6 is 0 Å². The molecule has 2 aromatic rings. The third-order valence-electron chi connectivity index (χ3n) is 3.00. The Morgan fingerprint density at radius 3 is 2.63 bits per heavy atom. The van der Waals surface area contributed by atoms with E-state index in [4.69, 9.17) is 5.73 Å². The molecule has 0 amide bonds. The molecule has 2 rings (SSSR count). The van der Waals surface area contributed by atoms with E-state index in [-0.39, 0.29) is 5.82 Å². The Balaban J connectivity index is 2.69. The molecule has 1 atom stereocenters. The van der Waals surface area contributed by atoms with Gasteiger partial charge in [0.15, 0.2) is 11.2 Å². The van der Waals surface area contributed by atoms with Crippen LogP contribution in [0.15, 0.2) is 18.3 Å². The fraction of sp³-hybridized carbons (Fsp3) is 0.500. The minimum atomic E-state index is -4.57. The Morgan fingerprint density at radius 2 is 2.05 bits per heavy atom. The van der Waals surface area contributed by atoms with Gasteiger partial charge in [-0.15, -0.1) is 0 Å². The number of pyridine rings is 1. The summed E-state index contributed by atoms with van der Waals surface area (Å²) >= 11 is 0. The van der Waals surface area contributed by atoms with Gasteiger partial charge in [0.05, 0.1) is 0 Å². The molecule has 0 aliphatic rings. The van der Waals surface area contributed by atoms with Crippen LogP contribution in [0.25, 0.3) is 11.2 Å². The average molecular weight is 272 g/mol. The molecule has 4 nitrogen and oxygen atoms in total. The topological polar surface area (TPSA) is 56.7 Å². The highest BCUT2D eigenvalue weighted by molar-refractivity contribution is 5.71. The van der Waals surface area contributed by atoms with Crippen LogP contribution in [0.3, 0.4) is 0 Å². The van der Waals surface area contributed by atoms with E-state index in [0.29, 0.717) is 24.1 Å². The lowest BCUT2D eigenvalue weighted by Gasteiger charge is -2.27. The van der Waals surface area contributed by atoms with Gasteiger partial charge in [0.2, 0.25) is 0 Å². The van der Waals surface area contributed by atoms with E-state index in [9.17, 15) is 13.2 Å². The Bertz CT molecular complexity index is 586. The second kappa shape index (κ2) is 4.48. The van der Waals surface area contributed by atoms with Gasteiger partial charge in [0.25, 0.3) is 0 Å². The van der Waals surface area contributed by atoms with Crippen molar-refractivity contribution in [2.45, 2.75) is 38.5 Å². The van der Waals surface area contributed by atoms with Gasteiger partial charge in [-0.3, -0.25) is 0 Å². The summed E-state index contributed by atoms with van der Waals surface area (Å²) in [7, 11) is 0. The normalized spacial score (nSPS) is 15.7. The second-order valence-corrected chi connectivity index (χ2v) is 4.63. The summed E-state index contributed by atoms with van der Waals surface area (Å²) in [6, 6.07) is 3.27. The third kappa shape index (κ3) is 2.18. The maximum absolute atomic E-state index is 13.1. The monoisotopic (exact) mass is 272 g/mol. The van der Waals surface area contributed by atoms with Crippen molar-refractivity contribution in [1.82, 2.24) is 14.5 Å². The van der Waals surface area contributed by atoms with E-state index in [1.807, 2.05) is 6.92 Å². The predicted octanol–water partition coefficient (Wildman–Crippen LogP) is 2.58. The standard InChI is InChI=1S/C12H15F3N4/c1-3-7-19-9-8(5-4-6-17-9)18-10(19)11(2,16)12(13,14)15/h4-6H,3,7,16H2,1-2H3. The van der Waals surface area contributed by atoms with Crippen molar-refractivity contribution in [2.75, 3.05) is 0 Å². The maximum atomic E-state index is 13.1.